The Morgan fingerprint density at radius 1 is 1.24 bits per heavy atom. The first kappa shape index (κ1) is 15.8. The summed E-state index contributed by atoms with van der Waals surface area (Å²) in [4.78, 5) is 0.157. The molecule has 2 aromatic rings. The Bertz CT molecular complexity index is 779. The van der Waals surface area contributed by atoms with Crippen molar-refractivity contribution in [3.05, 3.63) is 58.4 Å². The molecule has 4 nitrogen and oxygen atoms in total. The first-order chi connectivity index (χ1) is 9.79. The normalized spacial score (nSPS) is 11.6. The highest BCUT2D eigenvalue weighted by atomic mass is 35.5. The van der Waals surface area contributed by atoms with Crippen molar-refractivity contribution in [3.63, 3.8) is 0 Å². The predicted molar refractivity (Wildman–Crippen MR) is 81.0 cm³/mol. The van der Waals surface area contributed by atoms with Crippen molar-refractivity contribution in [3.8, 4) is 0 Å². The molecule has 0 bridgehead atoms. The van der Waals surface area contributed by atoms with Crippen LogP contribution >= 0.6 is 11.6 Å². The van der Waals surface area contributed by atoms with Crippen LogP contribution in [0.1, 0.15) is 11.1 Å². The topological polar surface area (TPSA) is 72.2 Å². The number of aryl methyl sites for hydroxylation is 1. The largest absolute Gasteiger partial charge is 0.399 e. The van der Waals surface area contributed by atoms with Gasteiger partial charge in [0.2, 0.25) is 10.0 Å². The number of hydrogen-bond donors (Lipinski definition) is 2. The van der Waals surface area contributed by atoms with Gasteiger partial charge in [0.1, 0.15) is 5.82 Å². The maximum Gasteiger partial charge on any atom is 0.241 e. The summed E-state index contributed by atoms with van der Waals surface area (Å²) in [6.07, 6.45) is 0. The molecule has 0 radical (unpaired) electrons. The number of benzene rings is 2. The molecule has 0 aliphatic carbocycles. The minimum absolute atomic E-state index is 0.0200. The molecular formula is C14H14ClFN2O2S. The van der Waals surface area contributed by atoms with Gasteiger partial charge in [-0.2, -0.15) is 0 Å². The first-order valence-corrected chi connectivity index (χ1v) is 7.95. The highest BCUT2D eigenvalue weighted by Gasteiger charge is 2.16. The molecule has 0 atom stereocenters. The molecule has 0 saturated carbocycles. The number of nitrogen functional groups attached to an aromatic ring is 1. The Balaban J connectivity index is 2.19. The second-order valence-electron chi connectivity index (χ2n) is 4.60. The van der Waals surface area contributed by atoms with E-state index < -0.39 is 15.8 Å². The van der Waals surface area contributed by atoms with Gasteiger partial charge >= 0.3 is 0 Å². The lowest BCUT2D eigenvalue weighted by Gasteiger charge is -2.10. The van der Waals surface area contributed by atoms with Crippen LogP contribution < -0.4 is 10.5 Å². The fourth-order valence-electron chi connectivity index (χ4n) is 1.88. The predicted octanol–water partition coefficient (Wildman–Crippen LogP) is 2.85. The fraction of sp³-hybridized carbons (Fsp3) is 0.143. The summed E-state index contributed by atoms with van der Waals surface area (Å²) < 4.78 is 40.0. The lowest BCUT2D eigenvalue weighted by molar-refractivity contribution is 0.580. The van der Waals surface area contributed by atoms with E-state index in [0.29, 0.717) is 16.8 Å². The van der Waals surface area contributed by atoms with E-state index in [1.165, 1.54) is 30.3 Å². The third-order valence-corrected chi connectivity index (χ3v) is 4.79. The number of halogens is 2. The Kier molecular flexibility index (Phi) is 4.51. The summed E-state index contributed by atoms with van der Waals surface area (Å²) in [5.74, 6) is -0.544. The Labute approximate surface area is 127 Å². The number of anilines is 1. The van der Waals surface area contributed by atoms with Crippen LogP contribution in [0.4, 0.5) is 10.1 Å². The van der Waals surface area contributed by atoms with Gasteiger partial charge in [-0.15, -0.1) is 0 Å². The first-order valence-electron chi connectivity index (χ1n) is 6.09. The maximum atomic E-state index is 13.0. The molecule has 0 fully saturated rings. The van der Waals surface area contributed by atoms with Crippen molar-refractivity contribution >= 4 is 27.3 Å². The molecule has 0 unspecified atom stereocenters. The minimum Gasteiger partial charge on any atom is -0.399 e. The molecule has 0 aliphatic rings. The summed E-state index contributed by atoms with van der Waals surface area (Å²) >= 11 is 5.66. The second-order valence-corrected chi connectivity index (χ2v) is 6.74. The molecule has 3 N–H and O–H groups in total. The van der Waals surface area contributed by atoms with Crippen molar-refractivity contribution < 1.29 is 12.8 Å². The Morgan fingerprint density at radius 3 is 2.57 bits per heavy atom. The lowest BCUT2D eigenvalue weighted by Crippen LogP contribution is -2.24. The summed E-state index contributed by atoms with van der Waals surface area (Å²) in [7, 11) is -3.67. The van der Waals surface area contributed by atoms with Gasteiger partial charge in [0.25, 0.3) is 0 Å². The second kappa shape index (κ2) is 6.01. The van der Waals surface area contributed by atoms with Crippen molar-refractivity contribution in [2.75, 3.05) is 5.73 Å². The van der Waals surface area contributed by atoms with Gasteiger partial charge in [0.15, 0.2) is 0 Å². The van der Waals surface area contributed by atoms with Crippen molar-refractivity contribution in [2.24, 2.45) is 0 Å². The number of nitrogens with one attached hydrogen (secondary N) is 1. The molecule has 2 aromatic carbocycles. The highest BCUT2D eigenvalue weighted by Crippen LogP contribution is 2.19. The standard InChI is InChI=1S/C14H14ClFN2O2S/c1-9-6-11(17)3-5-14(9)21(19,20)18-8-10-2-4-13(16)12(15)7-10/h2-7,18H,8,17H2,1H3. The SMILES string of the molecule is Cc1cc(N)ccc1S(=O)(=O)NCc1ccc(F)c(Cl)c1. The zero-order valence-corrected chi connectivity index (χ0v) is 12.8. The third-order valence-electron chi connectivity index (χ3n) is 2.94. The number of nitrogens with two attached hydrogens (primary N) is 1. The molecule has 0 amide bonds. The zero-order valence-electron chi connectivity index (χ0n) is 11.2. The molecule has 0 aliphatic heterocycles. The average Bonchev–Trinajstić information content (AvgIpc) is 2.40. The van der Waals surface area contributed by atoms with E-state index in [1.54, 1.807) is 13.0 Å². The Hall–Kier alpha value is -1.63. The summed E-state index contributed by atoms with van der Waals surface area (Å²) in [6.45, 7) is 1.69. The van der Waals surface area contributed by atoms with Gasteiger partial charge in [0, 0.05) is 12.2 Å². The van der Waals surface area contributed by atoms with Gasteiger partial charge < -0.3 is 5.73 Å². The minimum atomic E-state index is -3.67. The van der Waals surface area contributed by atoms with E-state index in [-0.39, 0.29) is 16.5 Å². The van der Waals surface area contributed by atoms with Gasteiger partial charge in [-0.05, 0) is 48.4 Å². The van der Waals surface area contributed by atoms with Crippen LogP contribution in [-0.2, 0) is 16.6 Å². The van der Waals surface area contributed by atoms with Crippen LogP contribution in [0.3, 0.4) is 0 Å². The Morgan fingerprint density at radius 2 is 1.95 bits per heavy atom. The summed E-state index contributed by atoms with van der Waals surface area (Å²) in [5.41, 5.74) is 7.22. The monoisotopic (exact) mass is 328 g/mol. The van der Waals surface area contributed by atoms with Gasteiger partial charge in [0.05, 0.1) is 9.92 Å². The van der Waals surface area contributed by atoms with Crippen LogP contribution in [0, 0.1) is 12.7 Å². The van der Waals surface area contributed by atoms with E-state index >= 15 is 0 Å². The molecule has 21 heavy (non-hydrogen) atoms. The molecular weight excluding hydrogens is 315 g/mol. The van der Waals surface area contributed by atoms with Crippen LogP contribution in [0.15, 0.2) is 41.3 Å². The molecule has 2 rings (SSSR count). The van der Waals surface area contributed by atoms with Gasteiger partial charge in [-0.1, -0.05) is 17.7 Å². The molecule has 0 heterocycles. The lowest BCUT2D eigenvalue weighted by atomic mass is 10.2. The fourth-order valence-corrected chi connectivity index (χ4v) is 3.33. The number of rotatable bonds is 4. The van der Waals surface area contributed by atoms with Crippen LogP contribution in [0.2, 0.25) is 5.02 Å². The van der Waals surface area contributed by atoms with Crippen molar-refractivity contribution in [1.29, 1.82) is 0 Å². The molecule has 7 heteroatoms. The number of hydrogen-bond acceptors (Lipinski definition) is 3. The van der Waals surface area contributed by atoms with E-state index in [1.807, 2.05) is 0 Å². The van der Waals surface area contributed by atoms with E-state index in [9.17, 15) is 12.8 Å². The van der Waals surface area contributed by atoms with E-state index in [2.05, 4.69) is 4.72 Å². The summed E-state index contributed by atoms with van der Waals surface area (Å²) in [6, 6.07) is 8.61. The maximum absolute atomic E-state index is 13.0. The van der Waals surface area contributed by atoms with E-state index in [4.69, 9.17) is 17.3 Å². The quantitative estimate of drug-likeness (QED) is 0.848. The van der Waals surface area contributed by atoms with Crippen LogP contribution in [-0.4, -0.2) is 8.42 Å². The van der Waals surface area contributed by atoms with Crippen molar-refractivity contribution in [2.45, 2.75) is 18.4 Å². The van der Waals surface area contributed by atoms with Crippen molar-refractivity contribution in [1.82, 2.24) is 4.72 Å². The number of sulfonamides is 1. The molecule has 0 spiro atoms. The third kappa shape index (κ3) is 3.72. The van der Waals surface area contributed by atoms with E-state index in [0.717, 1.165) is 0 Å². The molecule has 0 aromatic heterocycles. The zero-order chi connectivity index (χ0) is 15.6. The van der Waals surface area contributed by atoms with Crippen LogP contribution in [0.25, 0.3) is 0 Å². The molecule has 0 saturated heterocycles. The van der Waals surface area contributed by atoms with Gasteiger partial charge in [-0.3, -0.25) is 0 Å². The smallest absolute Gasteiger partial charge is 0.241 e. The van der Waals surface area contributed by atoms with Gasteiger partial charge in [-0.25, -0.2) is 17.5 Å². The average molecular weight is 329 g/mol. The molecule has 112 valence electrons. The highest BCUT2D eigenvalue weighted by molar-refractivity contribution is 7.89. The summed E-state index contributed by atoms with van der Waals surface area (Å²) in [5, 5.41) is -0.0460. The van der Waals surface area contributed by atoms with Crippen LogP contribution in [0.5, 0.6) is 0 Å².